The third-order valence-corrected chi connectivity index (χ3v) is 11.9. The van der Waals surface area contributed by atoms with Crippen molar-refractivity contribution in [1.82, 2.24) is 0 Å². The largest absolute Gasteiger partial charge is 0.422 e. The van der Waals surface area contributed by atoms with Gasteiger partial charge in [-0.15, -0.1) is 0 Å². The number of likely N-dealkylation sites (N-methyl/N-ethyl adjacent to an activating group) is 2. The highest BCUT2D eigenvalue weighted by Gasteiger charge is 2.23. The molecule has 0 heterocycles. The second-order valence-corrected chi connectivity index (χ2v) is 20.0. The summed E-state index contributed by atoms with van der Waals surface area (Å²) in [6.07, 6.45) is 20.7. The van der Waals surface area contributed by atoms with E-state index in [2.05, 4.69) is 82.1 Å². The number of benzene rings is 2. The molecule has 0 fully saturated rings. The van der Waals surface area contributed by atoms with Crippen molar-refractivity contribution in [2.24, 2.45) is 0 Å². The van der Waals surface area contributed by atoms with Crippen molar-refractivity contribution in [2.75, 3.05) is 81.6 Å². The maximum absolute atomic E-state index is 12.8. The lowest BCUT2D eigenvalue weighted by Crippen LogP contribution is -2.45. The molecule has 324 valence electrons. The lowest BCUT2D eigenvalue weighted by molar-refractivity contribution is -0.890. The minimum absolute atomic E-state index is 0.141. The first-order chi connectivity index (χ1) is 26.8. The Bertz CT molecular complexity index is 1350. The summed E-state index contributed by atoms with van der Waals surface area (Å²) in [6, 6.07) is 12.4. The predicted octanol–water partition coefficient (Wildman–Crippen LogP) is 11.5. The maximum atomic E-state index is 12.8. The van der Waals surface area contributed by atoms with Gasteiger partial charge in [0.15, 0.2) is 13.1 Å². The van der Waals surface area contributed by atoms with Gasteiger partial charge in [0.2, 0.25) is 0 Å². The Morgan fingerprint density at radius 2 is 0.702 bits per heavy atom. The number of ether oxygens (including phenoxy) is 2. The van der Waals surface area contributed by atoms with Crippen LogP contribution in [0.3, 0.4) is 0 Å². The molecule has 0 atom stereocenters. The first-order valence-electron chi connectivity index (χ1n) is 22.9. The van der Waals surface area contributed by atoms with Crippen molar-refractivity contribution in [2.45, 2.75) is 156 Å². The molecule has 0 unspecified atom stereocenters. The van der Waals surface area contributed by atoms with Gasteiger partial charge < -0.3 is 22.9 Å². The Hall–Kier alpha value is -2.74. The highest BCUT2D eigenvalue weighted by atomic mass is 16.5. The van der Waals surface area contributed by atoms with E-state index < -0.39 is 0 Å². The van der Waals surface area contributed by atoms with Crippen LogP contribution in [0, 0.1) is 13.8 Å². The van der Waals surface area contributed by atoms with Crippen molar-refractivity contribution in [3.63, 3.8) is 0 Å². The van der Waals surface area contributed by atoms with Gasteiger partial charge in [0, 0.05) is 0 Å². The molecule has 0 aliphatic carbocycles. The van der Waals surface area contributed by atoms with Crippen LogP contribution in [-0.4, -0.2) is 107 Å². The molecular weight excluding hydrogens is 707 g/mol. The van der Waals surface area contributed by atoms with Crippen molar-refractivity contribution in [1.29, 1.82) is 0 Å². The minimum atomic E-state index is -0.141. The molecule has 0 bridgehead atoms. The predicted molar refractivity (Wildman–Crippen MR) is 241 cm³/mol. The average Bonchev–Trinajstić information content (AvgIpc) is 3.10. The second-order valence-electron chi connectivity index (χ2n) is 20.0. The van der Waals surface area contributed by atoms with Crippen molar-refractivity contribution in [3.05, 3.63) is 58.7 Å². The van der Waals surface area contributed by atoms with Crippen LogP contribution in [0.5, 0.6) is 11.5 Å². The molecule has 0 aromatic heterocycles. The number of unbranched alkanes of at least 4 members (excludes halogenated alkanes) is 14. The average molecular weight is 795 g/mol. The van der Waals surface area contributed by atoms with Crippen LogP contribution >= 0.6 is 0 Å². The summed E-state index contributed by atoms with van der Waals surface area (Å²) in [5.74, 6) is 1.94. The van der Waals surface area contributed by atoms with Crippen LogP contribution < -0.4 is 9.47 Å². The van der Waals surface area contributed by atoms with E-state index in [4.69, 9.17) is 9.47 Å². The lowest BCUT2D eigenvalue weighted by Gasteiger charge is -2.30. The van der Waals surface area contributed by atoms with Gasteiger partial charge in [0.25, 0.3) is 0 Å². The first kappa shape index (κ1) is 50.4. The Morgan fingerprint density at radius 1 is 0.439 bits per heavy atom. The smallest absolute Gasteiger partial charge is 0.367 e. The van der Waals surface area contributed by atoms with Gasteiger partial charge >= 0.3 is 11.9 Å². The fraction of sp³-hybridized carbons (Fsp3) is 0.720. The number of quaternary nitrogens is 3. The standard InChI is InChI=1S/C50H88N3O4/c1-41(2)45-31-29-43(5)47(37-45)56-49(54)39-52(9,10)35-27-23-19-15-13-17-21-25-33-51(7,8)34-26-22-18-14-16-20-24-28-36-53(11,12)40-50(55)57-48-38-46(42(3)4)32-30-44(48)6/h29-32,37-38,41-42H,13-28,33-36,39-40H2,1-12H3/q+3. The summed E-state index contributed by atoms with van der Waals surface area (Å²) in [4.78, 5) is 25.5. The Labute approximate surface area is 351 Å². The molecule has 0 N–H and O–H groups in total. The van der Waals surface area contributed by atoms with Gasteiger partial charge in [-0.3, -0.25) is 0 Å². The summed E-state index contributed by atoms with van der Waals surface area (Å²) in [6.45, 7) is 18.0. The summed E-state index contributed by atoms with van der Waals surface area (Å²) in [7, 11) is 13.4. The number of rotatable bonds is 30. The van der Waals surface area contributed by atoms with Crippen molar-refractivity contribution >= 4 is 11.9 Å². The van der Waals surface area contributed by atoms with E-state index in [1.54, 1.807) is 0 Å². The molecule has 0 amide bonds. The van der Waals surface area contributed by atoms with E-state index in [9.17, 15) is 9.59 Å². The fourth-order valence-electron chi connectivity index (χ4n) is 7.73. The second kappa shape index (κ2) is 25.7. The first-order valence-corrected chi connectivity index (χ1v) is 22.9. The lowest BCUT2D eigenvalue weighted by atomic mass is 10.0. The van der Waals surface area contributed by atoms with Crippen LogP contribution in [0.25, 0.3) is 0 Å². The molecule has 0 radical (unpaired) electrons. The van der Waals surface area contributed by atoms with Crippen LogP contribution in [0.15, 0.2) is 36.4 Å². The highest BCUT2D eigenvalue weighted by molar-refractivity contribution is 5.74. The van der Waals surface area contributed by atoms with Gasteiger partial charge in [-0.2, -0.15) is 0 Å². The molecule has 0 spiro atoms. The molecule has 2 aromatic rings. The van der Waals surface area contributed by atoms with E-state index in [0.29, 0.717) is 45.4 Å². The number of hydrogen-bond donors (Lipinski definition) is 0. The molecule has 0 aliphatic rings. The van der Waals surface area contributed by atoms with Crippen LogP contribution in [0.1, 0.15) is 165 Å². The van der Waals surface area contributed by atoms with Crippen LogP contribution in [0.4, 0.5) is 0 Å². The number of aryl methyl sites for hydroxylation is 2. The Morgan fingerprint density at radius 3 is 0.982 bits per heavy atom. The number of hydrogen-bond acceptors (Lipinski definition) is 4. The molecule has 2 rings (SSSR count). The number of nitrogens with zero attached hydrogens (tertiary/aromatic N) is 3. The molecule has 7 nitrogen and oxygen atoms in total. The SMILES string of the molecule is Cc1ccc(C(C)C)cc1OC(=O)C[N+](C)(C)CCCCCCCCCC[N+](C)(C)CCCCCCCCCC[N+](C)(C)CC(=O)Oc1cc(C(C)C)ccc1C. The van der Waals surface area contributed by atoms with Gasteiger partial charge in [-0.05, 0) is 111 Å². The van der Waals surface area contributed by atoms with E-state index >= 15 is 0 Å². The van der Waals surface area contributed by atoms with E-state index in [1.165, 1.54) is 114 Å². The van der Waals surface area contributed by atoms with Crippen molar-refractivity contribution < 1.29 is 32.5 Å². The Kier molecular flexibility index (Phi) is 22.7. The molecule has 7 heteroatoms. The number of carbonyl (C=O) groups is 2. The summed E-state index contributed by atoms with van der Waals surface area (Å²) >= 11 is 0. The monoisotopic (exact) mass is 795 g/mol. The van der Waals surface area contributed by atoms with E-state index in [0.717, 1.165) is 41.5 Å². The molecule has 0 saturated carbocycles. The zero-order chi connectivity index (χ0) is 42.5. The summed E-state index contributed by atoms with van der Waals surface area (Å²) in [5.41, 5.74) is 4.42. The van der Waals surface area contributed by atoms with Crippen LogP contribution in [-0.2, 0) is 9.59 Å². The van der Waals surface area contributed by atoms with Gasteiger partial charge in [-0.1, -0.05) is 103 Å². The molecule has 0 saturated heterocycles. The number of esters is 2. The normalized spacial score (nSPS) is 12.5. The minimum Gasteiger partial charge on any atom is -0.422 e. The quantitative estimate of drug-likeness (QED) is 0.0342. The topological polar surface area (TPSA) is 52.6 Å². The zero-order valence-electron chi connectivity index (χ0n) is 39.1. The summed E-state index contributed by atoms with van der Waals surface area (Å²) in [5, 5.41) is 0. The zero-order valence-corrected chi connectivity index (χ0v) is 39.1. The maximum Gasteiger partial charge on any atom is 0.367 e. The molecular formula is C50H88N3O4+3. The molecule has 57 heavy (non-hydrogen) atoms. The third-order valence-electron chi connectivity index (χ3n) is 11.9. The van der Waals surface area contributed by atoms with E-state index in [1.807, 2.05) is 38.1 Å². The van der Waals surface area contributed by atoms with E-state index in [-0.39, 0.29) is 11.9 Å². The van der Waals surface area contributed by atoms with Crippen molar-refractivity contribution in [3.8, 4) is 11.5 Å². The van der Waals surface area contributed by atoms with Crippen LogP contribution in [0.2, 0.25) is 0 Å². The van der Waals surface area contributed by atoms with Gasteiger partial charge in [-0.25, -0.2) is 9.59 Å². The Balaban J connectivity index is 1.43. The molecule has 2 aromatic carbocycles. The summed E-state index contributed by atoms with van der Waals surface area (Å²) < 4.78 is 14.1. The highest BCUT2D eigenvalue weighted by Crippen LogP contribution is 2.26. The molecule has 0 aliphatic heterocycles. The fourth-order valence-corrected chi connectivity index (χ4v) is 7.73. The van der Waals surface area contributed by atoms with Gasteiger partial charge in [0.05, 0.1) is 68.5 Å². The van der Waals surface area contributed by atoms with Gasteiger partial charge in [0.1, 0.15) is 11.5 Å². The number of carbonyl (C=O) groups excluding carboxylic acids is 2. The third kappa shape index (κ3) is 22.3.